The van der Waals surface area contributed by atoms with Crippen molar-refractivity contribution in [3.63, 3.8) is 0 Å². The molecule has 3 heterocycles. The van der Waals surface area contributed by atoms with Gasteiger partial charge in [-0.3, -0.25) is 9.69 Å². The van der Waals surface area contributed by atoms with E-state index in [1.54, 1.807) is 6.20 Å². The molecule has 0 aliphatic carbocycles. The second-order valence-electron chi connectivity index (χ2n) is 7.49. The number of hydrogen-bond donors (Lipinski definition) is 2. The van der Waals surface area contributed by atoms with Crippen LogP contribution >= 0.6 is 0 Å². The fourth-order valence-electron chi connectivity index (χ4n) is 3.77. The second-order valence-corrected chi connectivity index (χ2v) is 7.49. The molecule has 0 bridgehead atoms. The highest BCUT2D eigenvalue weighted by Crippen LogP contribution is 2.32. The van der Waals surface area contributed by atoms with Crippen LogP contribution in [-0.4, -0.2) is 80.6 Å². The van der Waals surface area contributed by atoms with E-state index in [-0.39, 0.29) is 43.9 Å². The number of amides is 2. The van der Waals surface area contributed by atoms with Crippen molar-refractivity contribution in [3.8, 4) is 0 Å². The van der Waals surface area contributed by atoms with Gasteiger partial charge in [-0.1, -0.05) is 11.3 Å². The minimum absolute atomic E-state index is 0.0362. The standard InChI is InChI=1S/C20H21F2N5O5/c21-15-7-13(27-10-14(32-20(27)31)9-26-6-3-23-24-26)8-16(22)18(15)12-1-4-25(5-2-12)19(30)17(29)11-28/h1,3,6-8,14,17,28-29H,2,4-5,9-11H2/t14-,17-/m0/s1. The van der Waals surface area contributed by atoms with E-state index in [4.69, 9.17) is 9.84 Å². The van der Waals surface area contributed by atoms with E-state index in [9.17, 15) is 23.5 Å². The van der Waals surface area contributed by atoms with Gasteiger partial charge in [-0.05, 0) is 24.1 Å². The van der Waals surface area contributed by atoms with Gasteiger partial charge in [0.2, 0.25) is 0 Å². The molecule has 2 aromatic rings. The number of anilines is 1. The van der Waals surface area contributed by atoms with Gasteiger partial charge in [-0.25, -0.2) is 18.3 Å². The Labute approximate surface area is 181 Å². The summed E-state index contributed by atoms with van der Waals surface area (Å²) in [6.45, 7) is -0.142. The fourth-order valence-corrected chi connectivity index (χ4v) is 3.77. The Kier molecular flexibility index (Phi) is 6.15. The van der Waals surface area contributed by atoms with E-state index in [1.807, 2.05) is 0 Å². The van der Waals surface area contributed by atoms with E-state index in [2.05, 4.69) is 10.3 Å². The van der Waals surface area contributed by atoms with Crippen molar-refractivity contribution in [1.29, 1.82) is 0 Å². The number of nitrogens with zero attached hydrogens (tertiary/aromatic N) is 5. The van der Waals surface area contributed by atoms with Gasteiger partial charge in [0.25, 0.3) is 5.91 Å². The average molecular weight is 449 g/mol. The van der Waals surface area contributed by atoms with Crippen molar-refractivity contribution in [2.24, 2.45) is 0 Å². The van der Waals surface area contributed by atoms with Crippen molar-refractivity contribution in [2.45, 2.75) is 25.2 Å². The molecule has 0 saturated carbocycles. The third-order valence-electron chi connectivity index (χ3n) is 5.38. The van der Waals surface area contributed by atoms with Crippen molar-refractivity contribution in [2.75, 3.05) is 31.1 Å². The first-order valence-corrected chi connectivity index (χ1v) is 9.95. The Balaban J connectivity index is 1.49. The average Bonchev–Trinajstić information content (AvgIpc) is 3.42. The molecular formula is C20H21F2N5O5. The predicted octanol–water partition coefficient (Wildman–Crippen LogP) is 0.551. The zero-order valence-corrected chi connectivity index (χ0v) is 16.9. The molecule has 0 spiro atoms. The van der Waals surface area contributed by atoms with E-state index >= 15 is 0 Å². The van der Waals surface area contributed by atoms with Gasteiger partial charge in [-0.15, -0.1) is 5.10 Å². The van der Waals surface area contributed by atoms with E-state index < -0.39 is 42.4 Å². The molecule has 2 aliphatic heterocycles. The monoisotopic (exact) mass is 449 g/mol. The highest BCUT2D eigenvalue weighted by Gasteiger charge is 2.34. The summed E-state index contributed by atoms with van der Waals surface area (Å²) in [4.78, 5) is 26.6. The number of cyclic esters (lactones) is 1. The fraction of sp³-hybridized carbons (Fsp3) is 0.400. The van der Waals surface area contributed by atoms with Crippen molar-refractivity contribution >= 4 is 23.3 Å². The van der Waals surface area contributed by atoms with Crippen LogP contribution in [0.15, 0.2) is 30.6 Å². The van der Waals surface area contributed by atoms with Gasteiger partial charge < -0.3 is 19.8 Å². The molecule has 2 aliphatic rings. The molecule has 10 nitrogen and oxygen atoms in total. The highest BCUT2D eigenvalue weighted by molar-refractivity contribution is 5.90. The molecule has 4 rings (SSSR count). The maximum absolute atomic E-state index is 14.9. The van der Waals surface area contributed by atoms with E-state index in [1.165, 1.54) is 21.9 Å². The van der Waals surface area contributed by atoms with Gasteiger partial charge in [-0.2, -0.15) is 0 Å². The summed E-state index contributed by atoms with van der Waals surface area (Å²) in [5.74, 6) is -2.32. The molecule has 1 aromatic carbocycles. The predicted molar refractivity (Wildman–Crippen MR) is 106 cm³/mol. The molecule has 1 saturated heterocycles. The number of halogens is 2. The van der Waals surface area contributed by atoms with Crippen molar-refractivity contribution in [1.82, 2.24) is 19.9 Å². The van der Waals surface area contributed by atoms with Crippen LogP contribution in [0, 0.1) is 11.6 Å². The lowest BCUT2D eigenvalue weighted by atomic mass is 9.97. The van der Waals surface area contributed by atoms with Crippen LogP contribution in [0.3, 0.4) is 0 Å². The summed E-state index contributed by atoms with van der Waals surface area (Å²) in [5, 5.41) is 25.8. The Hall–Kier alpha value is -3.38. The maximum Gasteiger partial charge on any atom is 0.414 e. The number of aliphatic hydroxyl groups is 2. The minimum Gasteiger partial charge on any atom is -0.442 e. The summed E-state index contributed by atoms with van der Waals surface area (Å²) in [6, 6.07) is 2.15. The third kappa shape index (κ3) is 4.32. The van der Waals surface area contributed by atoms with Gasteiger partial charge in [0.05, 0.1) is 31.6 Å². The molecule has 1 fully saturated rings. The molecule has 2 amide bonds. The number of carbonyl (C=O) groups excluding carboxylic acids is 2. The van der Waals surface area contributed by atoms with E-state index in [0.717, 1.165) is 17.0 Å². The molecule has 2 atom stereocenters. The molecule has 2 N–H and O–H groups in total. The zero-order valence-electron chi connectivity index (χ0n) is 16.9. The molecule has 1 aromatic heterocycles. The van der Waals surface area contributed by atoms with Crippen LogP contribution in [0.1, 0.15) is 12.0 Å². The molecular weight excluding hydrogens is 428 g/mol. The van der Waals surface area contributed by atoms with Crippen LogP contribution in [0.4, 0.5) is 19.3 Å². The molecule has 32 heavy (non-hydrogen) atoms. The van der Waals surface area contributed by atoms with Gasteiger partial charge >= 0.3 is 6.09 Å². The Morgan fingerprint density at radius 3 is 2.66 bits per heavy atom. The largest absolute Gasteiger partial charge is 0.442 e. The number of ether oxygens (including phenoxy) is 1. The van der Waals surface area contributed by atoms with Crippen molar-refractivity contribution in [3.05, 3.63) is 47.8 Å². The summed E-state index contributed by atoms with van der Waals surface area (Å²) < 4.78 is 36.5. The van der Waals surface area contributed by atoms with Crippen LogP contribution < -0.4 is 4.90 Å². The molecule has 0 unspecified atom stereocenters. The maximum atomic E-state index is 14.9. The van der Waals surface area contributed by atoms with Crippen LogP contribution in [0.5, 0.6) is 0 Å². The smallest absolute Gasteiger partial charge is 0.414 e. The van der Waals surface area contributed by atoms with Crippen LogP contribution in [-0.2, 0) is 16.1 Å². The lowest BCUT2D eigenvalue weighted by Gasteiger charge is -2.28. The number of rotatable bonds is 6. The number of carbonyl (C=O) groups is 2. The Morgan fingerprint density at radius 1 is 1.31 bits per heavy atom. The van der Waals surface area contributed by atoms with Gasteiger partial charge in [0, 0.05) is 24.8 Å². The second kappa shape index (κ2) is 9.01. The summed E-state index contributed by atoms with van der Waals surface area (Å²) >= 11 is 0. The zero-order chi connectivity index (χ0) is 22.8. The highest BCUT2D eigenvalue weighted by atomic mass is 19.1. The molecule has 12 heteroatoms. The SMILES string of the molecule is O=C([C@@H](O)CO)N1CC=C(c2c(F)cc(N3C[C@H](Cn4ccnn4)OC3=O)cc2F)CC1. The molecule has 170 valence electrons. The lowest BCUT2D eigenvalue weighted by molar-refractivity contribution is -0.141. The number of aliphatic hydroxyl groups excluding tert-OH is 2. The summed E-state index contributed by atoms with van der Waals surface area (Å²) in [7, 11) is 0. The Morgan fingerprint density at radius 2 is 2.06 bits per heavy atom. The lowest BCUT2D eigenvalue weighted by Crippen LogP contribution is -2.42. The van der Waals surface area contributed by atoms with Gasteiger partial charge in [0.1, 0.15) is 17.7 Å². The number of benzene rings is 1. The van der Waals surface area contributed by atoms with E-state index in [0.29, 0.717) is 5.57 Å². The first-order chi connectivity index (χ1) is 15.4. The van der Waals surface area contributed by atoms with Crippen LogP contribution in [0.25, 0.3) is 5.57 Å². The summed E-state index contributed by atoms with van der Waals surface area (Å²) in [6.07, 6.45) is 1.99. The van der Waals surface area contributed by atoms with Crippen LogP contribution in [0.2, 0.25) is 0 Å². The number of aromatic nitrogens is 3. The Bertz CT molecular complexity index is 1020. The topological polar surface area (TPSA) is 121 Å². The third-order valence-corrected chi connectivity index (χ3v) is 5.38. The number of hydrogen-bond acceptors (Lipinski definition) is 7. The van der Waals surface area contributed by atoms with Gasteiger partial charge in [0.15, 0.2) is 6.10 Å². The first kappa shape index (κ1) is 21.8. The minimum atomic E-state index is -1.52. The first-order valence-electron chi connectivity index (χ1n) is 9.95. The molecule has 0 radical (unpaired) electrons. The van der Waals surface area contributed by atoms with Crippen molar-refractivity contribution < 1.29 is 33.3 Å². The summed E-state index contributed by atoms with van der Waals surface area (Å²) in [5.41, 5.74) is 0.187. The quantitative estimate of drug-likeness (QED) is 0.661. The normalized spacial score (nSPS) is 19.7.